The van der Waals surface area contributed by atoms with E-state index in [1.807, 2.05) is 54.6 Å². The van der Waals surface area contributed by atoms with Crippen LogP contribution < -0.4 is 5.32 Å². The average molecular weight is 614 g/mol. The number of ether oxygens (including phenoxy) is 1. The Morgan fingerprint density at radius 1 is 1.00 bits per heavy atom. The molecule has 3 atom stereocenters. The number of nitrogens with one attached hydrogen (secondary N) is 1. The molecule has 42 heavy (non-hydrogen) atoms. The number of halogens is 1. The molecule has 1 saturated heterocycles. The topological polar surface area (TPSA) is 79.0 Å². The number of hydrogen-bond acceptors (Lipinski definition) is 6. The summed E-state index contributed by atoms with van der Waals surface area (Å²) < 4.78 is 33.7. The van der Waals surface area contributed by atoms with E-state index < -0.39 is 10.0 Å². The number of carbonyl (C=O) groups is 1. The summed E-state index contributed by atoms with van der Waals surface area (Å²) in [6.45, 7) is 5.27. The molecular formula is C33H44ClN3O4S. The van der Waals surface area contributed by atoms with Crippen molar-refractivity contribution in [2.24, 2.45) is 5.92 Å². The van der Waals surface area contributed by atoms with E-state index in [4.69, 9.17) is 4.74 Å². The third kappa shape index (κ3) is 9.38. The molecule has 0 spiro atoms. The third-order valence-corrected chi connectivity index (χ3v) is 9.70. The molecule has 9 heteroatoms. The zero-order valence-electron chi connectivity index (χ0n) is 24.6. The van der Waals surface area contributed by atoms with E-state index >= 15 is 0 Å². The number of nitrogens with zero attached hydrogens (tertiary/aromatic N) is 2. The zero-order valence-corrected chi connectivity index (χ0v) is 26.2. The van der Waals surface area contributed by atoms with Gasteiger partial charge in [-0.2, -0.15) is 0 Å². The Labute approximate surface area is 257 Å². The minimum atomic E-state index is -3.59. The first-order chi connectivity index (χ1) is 19.9. The van der Waals surface area contributed by atoms with Crippen LogP contribution in [0.2, 0.25) is 0 Å². The molecule has 0 radical (unpaired) electrons. The molecule has 3 aromatic rings. The molecule has 0 amide bonds. The van der Waals surface area contributed by atoms with Crippen LogP contribution in [0.1, 0.15) is 49.7 Å². The van der Waals surface area contributed by atoms with Crippen molar-refractivity contribution in [2.75, 3.05) is 33.2 Å². The van der Waals surface area contributed by atoms with Gasteiger partial charge in [0.1, 0.15) is 6.61 Å². The smallest absolute Gasteiger partial charge is 0.309 e. The van der Waals surface area contributed by atoms with Gasteiger partial charge in [-0.3, -0.25) is 9.69 Å². The first-order valence-corrected chi connectivity index (χ1v) is 16.1. The molecule has 0 saturated carbocycles. The molecule has 1 heterocycles. The van der Waals surface area contributed by atoms with Crippen molar-refractivity contribution in [1.29, 1.82) is 0 Å². The van der Waals surface area contributed by atoms with E-state index in [2.05, 4.69) is 29.3 Å². The van der Waals surface area contributed by atoms with Crippen LogP contribution in [0.5, 0.6) is 0 Å². The number of likely N-dealkylation sites (tertiary alicyclic amines) is 1. The van der Waals surface area contributed by atoms with Gasteiger partial charge in [0, 0.05) is 26.7 Å². The van der Waals surface area contributed by atoms with E-state index in [-0.39, 0.29) is 36.4 Å². The van der Waals surface area contributed by atoms with Gasteiger partial charge in [0.2, 0.25) is 10.0 Å². The Bertz CT molecular complexity index is 1310. The number of benzene rings is 3. The van der Waals surface area contributed by atoms with E-state index in [1.165, 1.54) is 4.31 Å². The summed E-state index contributed by atoms with van der Waals surface area (Å²) in [6.07, 6.45) is 3.32. The summed E-state index contributed by atoms with van der Waals surface area (Å²) in [4.78, 5) is 15.7. The lowest BCUT2D eigenvalue weighted by Crippen LogP contribution is -2.52. The summed E-state index contributed by atoms with van der Waals surface area (Å²) in [5.74, 6) is -0.247. The van der Waals surface area contributed by atoms with Gasteiger partial charge in [0.05, 0.1) is 17.0 Å². The van der Waals surface area contributed by atoms with Crippen molar-refractivity contribution in [3.05, 3.63) is 102 Å². The van der Waals surface area contributed by atoms with Crippen LogP contribution in [0.25, 0.3) is 0 Å². The van der Waals surface area contributed by atoms with E-state index in [1.54, 1.807) is 31.3 Å². The second kappa shape index (κ2) is 16.8. The van der Waals surface area contributed by atoms with Gasteiger partial charge >= 0.3 is 5.97 Å². The molecule has 228 valence electrons. The molecule has 1 aliphatic heterocycles. The van der Waals surface area contributed by atoms with Gasteiger partial charge in [-0.25, -0.2) is 12.7 Å². The number of piperidine rings is 1. The van der Waals surface area contributed by atoms with E-state index in [0.717, 1.165) is 50.0 Å². The summed E-state index contributed by atoms with van der Waals surface area (Å²) in [7, 11) is -1.93. The summed E-state index contributed by atoms with van der Waals surface area (Å²) in [5.41, 5.74) is 2.12. The van der Waals surface area contributed by atoms with Crippen LogP contribution in [-0.2, 0) is 26.2 Å². The maximum absolute atomic E-state index is 13.3. The minimum Gasteiger partial charge on any atom is -0.461 e. The van der Waals surface area contributed by atoms with Crippen LogP contribution in [0.15, 0.2) is 95.9 Å². The number of hydrogen-bond donors (Lipinski definition) is 1. The van der Waals surface area contributed by atoms with Crippen LogP contribution in [-0.4, -0.2) is 63.0 Å². The molecule has 7 nitrogen and oxygen atoms in total. The van der Waals surface area contributed by atoms with Crippen molar-refractivity contribution in [3.8, 4) is 0 Å². The van der Waals surface area contributed by atoms with Crippen LogP contribution in [0, 0.1) is 5.92 Å². The van der Waals surface area contributed by atoms with Gasteiger partial charge in [-0.1, -0.05) is 85.8 Å². The standard InChI is InChI=1S/C33H43N3O4S.ClH/c1-3-21-34-32-24-29(33(37)40-26-27-13-7-4-8-14-27)19-22-36(32)23-20-30(28-15-9-5-10-16-28)25-35(2)41(38,39)31-17-11-6-12-18-31;/h4-18,29-30,32,34H,3,19-26H2,1-2H3;1H. The highest BCUT2D eigenvalue weighted by molar-refractivity contribution is 7.89. The molecule has 0 bridgehead atoms. The average Bonchev–Trinajstić information content (AvgIpc) is 3.02. The maximum Gasteiger partial charge on any atom is 0.309 e. The number of likely N-dealkylation sites (N-methyl/N-ethyl adjacent to an activating group) is 1. The van der Waals surface area contributed by atoms with Gasteiger partial charge < -0.3 is 10.1 Å². The van der Waals surface area contributed by atoms with Crippen LogP contribution >= 0.6 is 12.4 Å². The Balaban J connectivity index is 0.00000484. The Kier molecular flexibility index (Phi) is 13.5. The fourth-order valence-electron chi connectivity index (χ4n) is 5.46. The molecule has 0 aliphatic carbocycles. The lowest BCUT2D eigenvalue weighted by atomic mass is 9.92. The molecule has 1 N–H and O–H groups in total. The molecule has 1 fully saturated rings. The Morgan fingerprint density at radius 2 is 1.62 bits per heavy atom. The minimum absolute atomic E-state index is 0. The Hall–Kier alpha value is -2.75. The van der Waals surface area contributed by atoms with Crippen LogP contribution in [0.3, 0.4) is 0 Å². The molecule has 4 rings (SSSR count). The van der Waals surface area contributed by atoms with Gasteiger partial charge in [-0.15, -0.1) is 12.4 Å². The second-order valence-corrected chi connectivity index (χ2v) is 12.9. The highest BCUT2D eigenvalue weighted by Crippen LogP contribution is 2.28. The van der Waals surface area contributed by atoms with Gasteiger partial charge in [-0.05, 0) is 61.4 Å². The van der Waals surface area contributed by atoms with Crippen molar-refractivity contribution in [2.45, 2.75) is 56.2 Å². The highest BCUT2D eigenvalue weighted by atomic mass is 35.5. The fourth-order valence-corrected chi connectivity index (χ4v) is 6.69. The van der Waals surface area contributed by atoms with Crippen molar-refractivity contribution < 1.29 is 17.9 Å². The zero-order chi connectivity index (χ0) is 29.1. The molecule has 3 unspecified atom stereocenters. The lowest BCUT2D eigenvalue weighted by molar-refractivity contribution is -0.152. The van der Waals surface area contributed by atoms with E-state index in [9.17, 15) is 13.2 Å². The largest absolute Gasteiger partial charge is 0.461 e. The normalized spacial score (nSPS) is 18.3. The summed E-state index contributed by atoms with van der Waals surface area (Å²) in [5, 5.41) is 3.64. The summed E-state index contributed by atoms with van der Waals surface area (Å²) >= 11 is 0. The molecular weight excluding hydrogens is 570 g/mol. The quantitative estimate of drug-likeness (QED) is 0.236. The maximum atomic E-state index is 13.3. The van der Waals surface area contributed by atoms with Crippen molar-refractivity contribution in [1.82, 2.24) is 14.5 Å². The predicted octanol–water partition coefficient (Wildman–Crippen LogP) is 5.68. The van der Waals surface area contributed by atoms with Gasteiger partial charge in [0.15, 0.2) is 0 Å². The van der Waals surface area contributed by atoms with E-state index in [0.29, 0.717) is 24.5 Å². The monoisotopic (exact) mass is 613 g/mol. The number of carbonyl (C=O) groups excluding carboxylic acids is 1. The number of rotatable bonds is 14. The fraction of sp³-hybridized carbons (Fsp3) is 0.424. The third-order valence-electron chi connectivity index (χ3n) is 7.87. The first-order valence-electron chi connectivity index (χ1n) is 14.6. The Morgan fingerprint density at radius 3 is 2.26 bits per heavy atom. The van der Waals surface area contributed by atoms with Crippen LogP contribution in [0.4, 0.5) is 0 Å². The number of esters is 1. The lowest BCUT2D eigenvalue weighted by Gasteiger charge is -2.40. The number of sulfonamides is 1. The molecule has 3 aromatic carbocycles. The summed E-state index contributed by atoms with van der Waals surface area (Å²) in [6, 6.07) is 28.5. The predicted molar refractivity (Wildman–Crippen MR) is 170 cm³/mol. The first kappa shape index (κ1) is 33.7. The second-order valence-electron chi connectivity index (χ2n) is 10.8. The van der Waals surface area contributed by atoms with Crippen molar-refractivity contribution >= 4 is 28.4 Å². The highest BCUT2D eigenvalue weighted by Gasteiger charge is 2.33. The SMILES string of the molecule is CCCNC1CC(C(=O)OCc2ccccc2)CCN1CCC(CN(C)S(=O)(=O)c1ccccc1)c1ccccc1.Cl. The molecule has 1 aliphatic rings. The molecule has 0 aromatic heterocycles. The van der Waals surface area contributed by atoms with Gasteiger partial charge in [0.25, 0.3) is 0 Å². The van der Waals surface area contributed by atoms with Crippen molar-refractivity contribution in [3.63, 3.8) is 0 Å².